The van der Waals surface area contributed by atoms with E-state index < -0.39 is 0 Å². The predicted octanol–water partition coefficient (Wildman–Crippen LogP) is 1.65. The molecule has 0 aromatic carbocycles. The van der Waals surface area contributed by atoms with Crippen LogP contribution in [0.1, 0.15) is 39.0 Å². The average Bonchev–Trinajstić information content (AvgIpc) is 2.96. The number of likely N-dealkylation sites (tertiary alicyclic amines) is 1. The van der Waals surface area contributed by atoms with E-state index in [-0.39, 0.29) is 12.0 Å². The maximum atomic E-state index is 12.9. The van der Waals surface area contributed by atoms with Gasteiger partial charge in [0, 0.05) is 18.6 Å². The second-order valence-corrected chi connectivity index (χ2v) is 6.85. The second kappa shape index (κ2) is 6.02. The summed E-state index contributed by atoms with van der Waals surface area (Å²) >= 11 is 0. The van der Waals surface area contributed by atoms with Crippen molar-refractivity contribution in [2.45, 2.75) is 51.1 Å². The lowest BCUT2D eigenvalue weighted by molar-refractivity contribution is -0.144. The minimum absolute atomic E-state index is 0.0241. The Morgan fingerprint density at radius 1 is 1.20 bits per heavy atom. The highest BCUT2D eigenvalue weighted by Crippen LogP contribution is 2.39. The summed E-state index contributed by atoms with van der Waals surface area (Å²) in [6, 6.07) is 0.696. The van der Waals surface area contributed by atoms with Gasteiger partial charge in [-0.15, -0.1) is 0 Å². The third-order valence-corrected chi connectivity index (χ3v) is 5.79. The molecule has 5 unspecified atom stereocenters. The first-order valence-electron chi connectivity index (χ1n) is 8.28. The zero-order valence-electron chi connectivity index (χ0n) is 12.8. The molecule has 20 heavy (non-hydrogen) atoms. The van der Waals surface area contributed by atoms with Gasteiger partial charge in [-0.1, -0.05) is 19.8 Å². The van der Waals surface area contributed by atoms with Crippen LogP contribution in [0.4, 0.5) is 0 Å². The van der Waals surface area contributed by atoms with Crippen molar-refractivity contribution in [2.75, 3.05) is 26.8 Å². The quantitative estimate of drug-likeness (QED) is 0.836. The molecule has 4 nitrogen and oxygen atoms in total. The number of nitrogens with one attached hydrogen (secondary N) is 1. The SMILES string of the molecule is CNC1COCC1C(=O)N1CCC(C)C2CCCCC21. The van der Waals surface area contributed by atoms with Crippen molar-refractivity contribution in [2.24, 2.45) is 17.8 Å². The molecule has 5 atom stereocenters. The van der Waals surface area contributed by atoms with Crippen LogP contribution in [0.25, 0.3) is 0 Å². The van der Waals surface area contributed by atoms with E-state index in [1.807, 2.05) is 7.05 Å². The van der Waals surface area contributed by atoms with Gasteiger partial charge in [-0.05, 0) is 38.1 Å². The summed E-state index contributed by atoms with van der Waals surface area (Å²) in [6.45, 7) is 4.59. The molecule has 1 saturated carbocycles. The van der Waals surface area contributed by atoms with E-state index in [2.05, 4.69) is 17.1 Å². The van der Waals surface area contributed by atoms with Crippen LogP contribution in [0.15, 0.2) is 0 Å². The molecule has 0 aromatic heterocycles. The Labute approximate surface area is 122 Å². The summed E-state index contributed by atoms with van der Waals surface area (Å²) in [5.74, 6) is 1.88. The molecule has 0 spiro atoms. The summed E-state index contributed by atoms with van der Waals surface area (Å²) in [7, 11) is 1.93. The van der Waals surface area contributed by atoms with Gasteiger partial charge in [0.05, 0.1) is 19.1 Å². The van der Waals surface area contributed by atoms with Gasteiger partial charge < -0.3 is 15.0 Å². The van der Waals surface area contributed by atoms with Crippen molar-refractivity contribution in [1.29, 1.82) is 0 Å². The van der Waals surface area contributed by atoms with Gasteiger partial charge in [-0.2, -0.15) is 0 Å². The Balaban J connectivity index is 1.73. The summed E-state index contributed by atoms with van der Waals surface area (Å²) in [5.41, 5.74) is 0. The number of piperidine rings is 1. The molecule has 0 aromatic rings. The summed E-state index contributed by atoms with van der Waals surface area (Å²) in [5, 5.41) is 3.24. The van der Waals surface area contributed by atoms with Crippen LogP contribution in [0, 0.1) is 17.8 Å². The first-order chi connectivity index (χ1) is 9.72. The number of fused-ring (bicyclic) bond motifs is 1. The van der Waals surface area contributed by atoms with Crippen LogP contribution in [0.3, 0.4) is 0 Å². The van der Waals surface area contributed by atoms with Gasteiger partial charge in [-0.25, -0.2) is 0 Å². The Kier molecular flexibility index (Phi) is 4.32. The van der Waals surface area contributed by atoms with Crippen molar-refractivity contribution in [3.63, 3.8) is 0 Å². The van der Waals surface area contributed by atoms with Crippen LogP contribution in [-0.4, -0.2) is 49.7 Å². The monoisotopic (exact) mass is 280 g/mol. The zero-order chi connectivity index (χ0) is 14.1. The van der Waals surface area contributed by atoms with Gasteiger partial charge in [0.2, 0.25) is 5.91 Å². The minimum Gasteiger partial charge on any atom is -0.379 e. The van der Waals surface area contributed by atoms with Crippen molar-refractivity contribution >= 4 is 5.91 Å². The molecular weight excluding hydrogens is 252 g/mol. The molecule has 1 amide bonds. The number of hydrogen-bond acceptors (Lipinski definition) is 3. The number of nitrogens with zero attached hydrogens (tertiary/aromatic N) is 1. The highest BCUT2D eigenvalue weighted by Gasteiger charge is 2.43. The second-order valence-electron chi connectivity index (χ2n) is 6.85. The zero-order valence-corrected chi connectivity index (χ0v) is 12.8. The van der Waals surface area contributed by atoms with Crippen molar-refractivity contribution in [3.8, 4) is 0 Å². The van der Waals surface area contributed by atoms with Crippen LogP contribution in [0.2, 0.25) is 0 Å². The average molecular weight is 280 g/mol. The van der Waals surface area contributed by atoms with Crippen molar-refractivity contribution in [1.82, 2.24) is 10.2 Å². The molecule has 3 fully saturated rings. The number of carbonyl (C=O) groups is 1. The van der Waals surface area contributed by atoms with Crippen LogP contribution in [-0.2, 0) is 9.53 Å². The van der Waals surface area contributed by atoms with Gasteiger partial charge >= 0.3 is 0 Å². The van der Waals surface area contributed by atoms with Crippen LogP contribution < -0.4 is 5.32 Å². The third kappa shape index (κ3) is 2.48. The Morgan fingerprint density at radius 2 is 2.00 bits per heavy atom. The normalized spacial score (nSPS) is 41.5. The van der Waals surface area contributed by atoms with Gasteiger partial charge in [-0.3, -0.25) is 4.79 Å². The number of hydrogen-bond donors (Lipinski definition) is 1. The molecule has 2 saturated heterocycles. The molecule has 114 valence electrons. The number of rotatable bonds is 2. The molecule has 0 bridgehead atoms. The third-order valence-electron chi connectivity index (χ3n) is 5.79. The Bertz CT molecular complexity index is 360. The van der Waals surface area contributed by atoms with Crippen LogP contribution >= 0.6 is 0 Å². The van der Waals surface area contributed by atoms with Gasteiger partial charge in [0.1, 0.15) is 0 Å². The van der Waals surface area contributed by atoms with E-state index in [0.29, 0.717) is 25.2 Å². The van der Waals surface area contributed by atoms with Gasteiger partial charge in [0.15, 0.2) is 0 Å². The molecule has 3 rings (SSSR count). The van der Waals surface area contributed by atoms with Crippen molar-refractivity contribution < 1.29 is 9.53 Å². The fourth-order valence-corrected chi connectivity index (χ4v) is 4.48. The minimum atomic E-state index is 0.0241. The highest BCUT2D eigenvalue weighted by atomic mass is 16.5. The standard InChI is InChI=1S/C16H28N2O2/c1-11-7-8-18(15-6-4-3-5-12(11)15)16(19)13-9-20-10-14(13)17-2/h11-15,17H,3-10H2,1-2H3. The van der Waals surface area contributed by atoms with Crippen LogP contribution in [0.5, 0.6) is 0 Å². The lowest BCUT2D eigenvalue weighted by atomic mass is 9.72. The largest absolute Gasteiger partial charge is 0.379 e. The van der Waals surface area contributed by atoms with E-state index in [4.69, 9.17) is 4.74 Å². The molecule has 1 aliphatic carbocycles. The maximum Gasteiger partial charge on any atom is 0.229 e. The first kappa shape index (κ1) is 14.3. The molecule has 3 aliphatic rings. The lowest BCUT2D eigenvalue weighted by Gasteiger charge is -2.48. The first-order valence-corrected chi connectivity index (χ1v) is 8.28. The van der Waals surface area contributed by atoms with Crippen molar-refractivity contribution in [3.05, 3.63) is 0 Å². The van der Waals surface area contributed by atoms with E-state index in [1.54, 1.807) is 0 Å². The Hall–Kier alpha value is -0.610. The van der Waals surface area contributed by atoms with E-state index in [1.165, 1.54) is 32.1 Å². The Morgan fingerprint density at radius 3 is 2.80 bits per heavy atom. The topological polar surface area (TPSA) is 41.6 Å². The maximum absolute atomic E-state index is 12.9. The number of carbonyl (C=O) groups excluding carboxylic acids is 1. The lowest BCUT2D eigenvalue weighted by Crippen LogP contribution is -2.56. The molecule has 1 N–H and O–H groups in total. The highest BCUT2D eigenvalue weighted by molar-refractivity contribution is 5.80. The summed E-state index contributed by atoms with van der Waals surface area (Å²) in [6.07, 6.45) is 6.32. The number of ether oxygens (including phenoxy) is 1. The van der Waals surface area contributed by atoms with E-state index >= 15 is 0 Å². The fraction of sp³-hybridized carbons (Fsp3) is 0.938. The van der Waals surface area contributed by atoms with E-state index in [9.17, 15) is 4.79 Å². The fourth-order valence-electron chi connectivity index (χ4n) is 4.48. The summed E-state index contributed by atoms with van der Waals surface area (Å²) in [4.78, 5) is 15.2. The van der Waals surface area contributed by atoms with Gasteiger partial charge in [0.25, 0.3) is 0 Å². The number of likely N-dealkylation sites (N-methyl/N-ethyl adjacent to an activating group) is 1. The summed E-state index contributed by atoms with van der Waals surface area (Å²) < 4.78 is 5.52. The molecule has 2 aliphatic heterocycles. The molecule has 4 heteroatoms. The smallest absolute Gasteiger partial charge is 0.229 e. The molecule has 2 heterocycles. The molecule has 0 radical (unpaired) electrons. The van der Waals surface area contributed by atoms with E-state index in [0.717, 1.165) is 18.4 Å². The predicted molar refractivity (Wildman–Crippen MR) is 78.4 cm³/mol. The number of amides is 1. The molecular formula is C16H28N2O2.